The lowest BCUT2D eigenvalue weighted by Gasteiger charge is -2.54. The molecule has 13 rings (SSSR count). The molecule has 0 radical (unpaired) electrons. The molecular weight excluding hydrogens is 749 g/mol. The summed E-state index contributed by atoms with van der Waals surface area (Å²) in [5, 5.41) is 5.36. The largest absolute Gasteiger partial charge is 0.400 e. The molecule has 0 N–H and O–H groups in total. The highest BCUT2D eigenvalue weighted by Gasteiger charge is 2.63. The molecule has 1 aliphatic carbocycles. The van der Waals surface area contributed by atoms with Crippen molar-refractivity contribution in [2.45, 2.75) is 103 Å². The molecule has 5 heterocycles. The topological polar surface area (TPSA) is 13.1 Å². The van der Waals surface area contributed by atoms with Crippen LogP contribution in [0.15, 0.2) is 133 Å². The molecule has 7 aromatic carbocycles. The highest BCUT2D eigenvalue weighted by atomic mass is 15.2. The summed E-state index contributed by atoms with van der Waals surface area (Å²) < 4.78 is 5.29. The minimum atomic E-state index is -0.0765. The third kappa shape index (κ3) is 4.48. The van der Waals surface area contributed by atoms with Gasteiger partial charge in [0.15, 0.2) is 0 Å². The summed E-state index contributed by atoms with van der Waals surface area (Å²) in [5.74, 6) is 0. The van der Waals surface area contributed by atoms with Crippen LogP contribution in [0, 0.1) is 0 Å². The van der Waals surface area contributed by atoms with Gasteiger partial charge in [0, 0.05) is 55.1 Å². The summed E-state index contributed by atoms with van der Waals surface area (Å²) in [5.41, 5.74) is 21.7. The molecule has 0 amide bonds. The lowest BCUT2D eigenvalue weighted by atomic mass is 9.42. The Morgan fingerprint density at radius 2 is 1.24 bits per heavy atom. The van der Waals surface area contributed by atoms with E-state index in [0.717, 1.165) is 0 Å². The summed E-state index contributed by atoms with van der Waals surface area (Å²) in [7, 11) is 0. The van der Waals surface area contributed by atoms with E-state index in [0.29, 0.717) is 0 Å². The molecule has 2 aromatic heterocycles. The SMILES string of the molecule is CC(C)(C)c1cc2c3c(c1)-n1c4ccc(C(C)(C)C)cc4c4c1c(cc1c5ccccc5n(-c5ccccc5)c14)B3N1c3c-2cc(-c2ccccc2)cc3C2(C)CCCCC12C. The number of hydrogen-bond donors (Lipinski definition) is 0. The van der Waals surface area contributed by atoms with E-state index in [1.165, 1.54) is 131 Å². The van der Waals surface area contributed by atoms with Crippen LogP contribution in [0.5, 0.6) is 0 Å². The third-order valence-corrected chi connectivity index (χ3v) is 16.3. The van der Waals surface area contributed by atoms with E-state index < -0.39 is 0 Å². The number of aromatic nitrogens is 2. The Bertz CT molecular complexity index is 3410. The second-order valence-corrected chi connectivity index (χ2v) is 21.7. The second-order valence-electron chi connectivity index (χ2n) is 21.7. The van der Waals surface area contributed by atoms with Crippen LogP contribution >= 0.6 is 0 Å². The fourth-order valence-corrected chi connectivity index (χ4v) is 12.9. The molecule has 3 aliphatic heterocycles. The van der Waals surface area contributed by atoms with Gasteiger partial charge >= 0.3 is 6.85 Å². The number of para-hydroxylation sites is 2. The first-order valence-electron chi connectivity index (χ1n) is 23.1. The lowest BCUT2D eigenvalue weighted by Crippen LogP contribution is -2.70. The standard InChI is InChI=1S/C58H54BN3/c1-55(2,3)37-25-26-48-44(31-37)50-53-43(40-23-15-16-24-47(40)60(53)39-21-13-10-14-22-39)34-46-54(50)61(48)49-33-38(56(4,5)6)32-41-42-29-36(35-19-11-9-12-20-35)30-45-52(42)62(59(46)51(41)49)58(8)28-18-17-27-57(45,58)7/h9-16,19-26,29-34H,17-18,27-28H2,1-8H3. The predicted octanol–water partition coefficient (Wildman–Crippen LogP) is 13.7. The van der Waals surface area contributed by atoms with Crippen LogP contribution in [0.2, 0.25) is 0 Å². The molecule has 1 fully saturated rings. The highest BCUT2D eigenvalue weighted by Crippen LogP contribution is 2.63. The normalized spacial score (nSPS) is 20.1. The van der Waals surface area contributed by atoms with Gasteiger partial charge in [-0.15, -0.1) is 0 Å². The Morgan fingerprint density at radius 1 is 0.548 bits per heavy atom. The van der Waals surface area contributed by atoms with E-state index in [-0.39, 0.29) is 28.6 Å². The van der Waals surface area contributed by atoms with E-state index in [4.69, 9.17) is 0 Å². The van der Waals surface area contributed by atoms with Crippen LogP contribution in [0.4, 0.5) is 5.69 Å². The Morgan fingerprint density at radius 3 is 2.00 bits per heavy atom. The Balaban J connectivity index is 1.27. The van der Waals surface area contributed by atoms with Gasteiger partial charge in [0.1, 0.15) is 0 Å². The van der Waals surface area contributed by atoms with Crippen LogP contribution in [0.25, 0.3) is 77.2 Å². The number of hydrogen-bond acceptors (Lipinski definition) is 1. The van der Waals surface area contributed by atoms with Crippen molar-refractivity contribution in [3.8, 4) is 33.6 Å². The van der Waals surface area contributed by atoms with E-state index in [1.807, 2.05) is 0 Å². The van der Waals surface area contributed by atoms with Gasteiger partial charge in [0.05, 0.1) is 22.1 Å². The molecule has 304 valence electrons. The van der Waals surface area contributed by atoms with Gasteiger partial charge in [0.25, 0.3) is 0 Å². The van der Waals surface area contributed by atoms with E-state index >= 15 is 0 Å². The maximum Gasteiger partial charge on any atom is 0.328 e. The van der Waals surface area contributed by atoms with Gasteiger partial charge in [0.2, 0.25) is 0 Å². The summed E-state index contributed by atoms with van der Waals surface area (Å²) >= 11 is 0. The monoisotopic (exact) mass is 803 g/mol. The van der Waals surface area contributed by atoms with Crippen molar-refractivity contribution < 1.29 is 0 Å². The van der Waals surface area contributed by atoms with Crippen molar-refractivity contribution in [1.82, 2.24) is 9.13 Å². The molecule has 2 atom stereocenters. The fourth-order valence-electron chi connectivity index (χ4n) is 12.9. The first-order valence-corrected chi connectivity index (χ1v) is 23.1. The van der Waals surface area contributed by atoms with Gasteiger partial charge in [-0.2, -0.15) is 0 Å². The van der Waals surface area contributed by atoms with Crippen LogP contribution < -0.4 is 15.7 Å². The summed E-state index contributed by atoms with van der Waals surface area (Å²) in [6.07, 6.45) is 4.89. The minimum Gasteiger partial charge on any atom is -0.400 e. The molecule has 0 spiro atoms. The maximum absolute atomic E-state index is 3.01. The smallest absolute Gasteiger partial charge is 0.328 e. The Kier molecular flexibility index (Phi) is 7.04. The van der Waals surface area contributed by atoms with Crippen molar-refractivity contribution in [3.63, 3.8) is 0 Å². The third-order valence-electron chi connectivity index (χ3n) is 16.3. The van der Waals surface area contributed by atoms with Crippen LogP contribution in [0.3, 0.4) is 0 Å². The Labute approximate surface area is 366 Å². The molecule has 0 bridgehead atoms. The minimum absolute atomic E-state index is 0.00645. The van der Waals surface area contributed by atoms with Crippen molar-refractivity contribution >= 4 is 67.1 Å². The zero-order valence-electron chi connectivity index (χ0n) is 37.4. The van der Waals surface area contributed by atoms with E-state index in [9.17, 15) is 0 Å². The first-order chi connectivity index (χ1) is 29.8. The zero-order valence-corrected chi connectivity index (χ0v) is 37.4. The molecule has 3 nitrogen and oxygen atoms in total. The Hall–Kier alpha value is -6.00. The predicted molar refractivity (Wildman–Crippen MR) is 265 cm³/mol. The van der Waals surface area contributed by atoms with E-state index in [1.54, 1.807) is 5.56 Å². The first kappa shape index (κ1) is 36.6. The van der Waals surface area contributed by atoms with E-state index in [2.05, 4.69) is 203 Å². The molecule has 9 aromatic rings. The maximum atomic E-state index is 3.01. The molecule has 4 heteroatoms. The summed E-state index contributed by atoms with van der Waals surface area (Å²) in [4.78, 5) is 3.01. The molecular formula is C58H54BN3. The number of anilines is 1. The van der Waals surface area contributed by atoms with Crippen molar-refractivity contribution in [3.05, 3.63) is 150 Å². The van der Waals surface area contributed by atoms with Gasteiger partial charge < -0.3 is 13.9 Å². The van der Waals surface area contributed by atoms with Gasteiger partial charge in [-0.05, 0) is 123 Å². The average molecular weight is 804 g/mol. The van der Waals surface area contributed by atoms with Gasteiger partial charge in [-0.25, -0.2) is 0 Å². The van der Waals surface area contributed by atoms with Crippen molar-refractivity contribution in [1.29, 1.82) is 0 Å². The van der Waals surface area contributed by atoms with Gasteiger partial charge in [-0.3, -0.25) is 0 Å². The van der Waals surface area contributed by atoms with Crippen molar-refractivity contribution in [2.75, 3.05) is 4.81 Å². The second kappa shape index (κ2) is 11.9. The van der Waals surface area contributed by atoms with Crippen molar-refractivity contribution in [2.24, 2.45) is 0 Å². The molecule has 4 aliphatic rings. The number of nitrogens with zero attached hydrogens (tertiary/aromatic N) is 3. The summed E-state index contributed by atoms with van der Waals surface area (Å²) in [6, 6.07) is 51.8. The zero-order chi connectivity index (χ0) is 42.2. The van der Waals surface area contributed by atoms with Crippen LogP contribution in [-0.4, -0.2) is 21.5 Å². The average Bonchev–Trinajstić information content (AvgIpc) is 3.85. The molecule has 1 saturated carbocycles. The van der Waals surface area contributed by atoms with Crippen LogP contribution in [-0.2, 0) is 16.2 Å². The number of rotatable bonds is 2. The van der Waals surface area contributed by atoms with Crippen LogP contribution in [0.1, 0.15) is 97.8 Å². The lowest BCUT2D eigenvalue weighted by molar-refractivity contribution is 0.199. The molecule has 0 saturated heterocycles. The quantitative estimate of drug-likeness (QED) is 0.159. The number of fused-ring (bicyclic) bond motifs is 14. The molecule has 62 heavy (non-hydrogen) atoms. The number of benzene rings is 7. The highest BCUT2D eigenvalue weighted by molar-refractivity contribution is 6.93. The molecule has 2 unspecified atom stereocenters. The van der Waals surface area contributed by atoms with Gasteiger partial charge in [-0.1, -0.05) is 146 Å². The fraction of sp³-hybridized carbons (Fsp3) is 0.276. The summed E-state index contributed by atoms with van der Waals surface area (Å²) in [6.45, 7) is 19.6.